The number of piperidine rings is 1. The molecule has 4 nitrogen and oxygen atoms in total. The zero-order chi connectivity index (χ0) is 11.5. The number of aromatic amines is 1. The van der Waals surface area contributed by atoms with Crippen molar-refractivity contribution in [1.29, 1.82) is 0 Å². The van der Waals surface area contributed by atoms with E-state index in [-0.39, 0.29) is 0 Å². The third kappa shape index (κ3) is 2.16. The minimum atomic E-state index is 0.574. The summed E-state index contributed by atoms with van der Waals surface area (Å²) < 4.78 is 0. The Hall–Kier alpha value is -1.84. The molecule has 2 aromatic heterocycles. The summed E-state index contributed by atoms with van der Waals surface area (Å²) in [7, 11) is 0. The normalized spacial score (nSPS) is 17.3. The fraction of sp³-hybridized carbons (Fsp3) is 0.385. The molecule has 88 valence electrons. The molecule has 0 spiro atoms. The number of hydrogen-bond acceptors (Lipinski definition) is 3. The van der Waals surface area contributed by atoms with Crippen LogP contribution in [0.15, 0.2) is 36.8 Å². The van der Waals surface area contributed by atoms with Crippen LogP contribution in [0.3, 0.4) is 0 Å². The monoisotopic (exact) mass is 228 g/mol. The lowest BCUT2D eigenvalue weighted by Crippen LogP contribution is -2.33. The van der Waals surface area contributed by atoms with Crippen LogP contribution in [0.2, 0.25) is 0 Å². The van der Waals surface area contributed by atoms with Crippen molar-refractivity contribution in [3.8, 4) is 0 Å². The van der Waals surface area contributed by atoms with Gasteiger partial charge in [0.1, 0.15) is 11.6 Å². The first-order valence-corrected chi connectivity index (χ1v) is 6.09. The molecule has 0 radical (unpaired) electrons. The van der Waals surface area contributed by atoms with E-state index in [1.54, 1.807) is 0 Å². The molecule has 0 amide bonds. The van der Waals surface area contributed by atoms with E-state index < -0.39 is 0 Å². The third-order valence-electron chi connectivity index (χ3n) is 3.37. The lowest BCUT2D eigenvalue weighted by molar-refractivity contribution is 0.486. The van der Waals surface area contributed by atoms with Gasteiger partial charge < -0.3 is 9.88 Å². The molecule has 1 aliphatic rings. The Morgan fingerprint density at radius 1 is 1.12 bits per heavy atom. The Labute approximate surface area is 101 Å². The smallest absolute Gasteiger partial charge is 0.128 e. The summed E-state index contributed by atoms with van der Waals surface area (Å²) in [6.07, 6.45) is 7.88. The van der Waals surface area contributed by atoms with Gasteiger partial charge in [-0.25, -0.2) is 9.97 Å². The van der Waals surface area contributed by atoms with Crippen molar-refractivity contribution in [2.75, 3.05) is 18.0 Å². The van der Waals surface area contributed by atoms with Crippen LogP contribution >= 0.6 is 0 Å². The summed E-state index contributed by atoms with van der Waals surface area (Å²) in [6.45, 7) is 2.12. The molecule has 1 fully saturated rings. The van der Waals surface area contributed by atoms with Gasteiger partial charge in [-0.1, -0.05) is 6.07 Å². The van der Waals surface area contributed by atoms with Crippen molar-refractivity contribution in [2.24, 2.45) is 0 Å². The molecule has 0 bridgehead atoms. The molecule has 4 heteroatoms. The number of aromatic nitrogens is 3. The molecule has 0 aliphatic carbocycles. The van der Waals surface area contributed by atoms with E-state index in [1.807, 2.05) is 30.7 Å². The van der Waals surface area contributed by atoms with Crippen LogP contribution in [-0.2, 0) is 0 Å². The molecule has 1 aliphatic heterocycles. The summed E-state index contributed by atoms with van der Waals surface area (Å²) in [5.74, 6) is 2.79. The van der Waals surface area contributed by atoms with Crippen molar-refractivity contribution in [1.82, 2.24) is 15.0 Å². The Morgan fingerprint density at radius 3 is 2.65 bits per heavy atom. The van der Waals surface area contributed by atoms with E-state index >= 15 is 0 Å². The van der Waals surface area contributed by atoms with Gasteiger partial charge in [0.2, 0.25) is 0 Å². The zero-order valence-corrected chi connectivity index (χ0v) is 9.71. The predicted octanol–water partition coefficient (Wildman–Crippen LogP) is 2.19. The number of anilines is 1. The standard InChI is InChI=1S/C13H16N4/c1-2-6-14-12(3-1)17-9-4-11(5-10-17)13-15-7-8-16-13/h1-3,6-8,11H,4-5,9-10H2,(H,15,16). The minimum Gasteiger partial charge on any atom is -0.357 e. The Bertz CT molecular complexity index is 444. The van der Waals surface area contributed by atoms with Crippen LogP contribution in [0.4, 0.5) is 5.82 Å². The number of H-pyrrole nitrogens is 1. The fourth-order valence-corrected chi connectivity index (χ4v) is 2.42. The summed E-state index contributed by atoms with van der Waals surface area (Å²) >= 11 is 0. The molecule has 3 rings (SSSR count). The minimum absolute atomic E-state index is 0.574. The van der Waals surface area contributed by atoms with E-state index in [0.29, 0.717) is 5.92 Å². The number of hydrogen-bond donors (Lipinski definition) is 1. The van der Waals surface area contributed by atoms with Crippen LogP contribution < -0.4 is 4.90 Å². The summed E-state index contributed by atoms with van der Waals surface area (Å²) in [5, 5.41) is 0. The molecule has 0 unspecified atom stereocenters. The maximum absolute atomic E-state index is 4.39. The third-order valence-corrected chi connectivity index (χ3v) is 3.37. The summed E-state index contributed by atoms with van der Waals surface area (Å²) in [5.41, 5.74) is 0. The maximum atomic E-state index is 4.39. The molecule has 2 aromatic rings. The van der Waals surface area contributed by atoms with Gasteiger partial charge in [-0.3, -0.25) is 0 Å². The molecule has 17 heavy (non-hydrogen) atoms. The van der Waals surface area contributed by atoms with Gasteiger partial charge in [-0.2, -0.15) is 0 Å². The second-order valence-corrected chi connectivity index (χ2v) is 4.42. The first-order chi connectivity index (χ1) is 8.43. The SMILES string of the molecule is c1ccc(N2CCC(c3ncc[nH]3)CC2)nc1. The Morgan fingerprint density at radius 2 is 2.00 bits per heavy atom. The molecule has 1 N–H and O–H groups in total. The molecular weight excluding hydrogens is 212 g/mol. The van der Waals surface area contributed by atoms with Crippen LogP contribution in [0, 0.1) is 0 Å². The predicted molar refractivity (Wildman–Crippen MR) is 67.0 cm³/mol. The largest absolute Gasteiger partial charge is 0.357 e. The van der Waals surface area contributed by atoms with Crippen LogP contribution in [-0.4, -0.2) is 28.0 Å². The van der Waals surface area contributed by atoms with Crippen LogP contribution in [0.25, 0.3) is 0 Å². The van der Waals surface area contributed by atoms with E-state index in [4.69, 9.17) is 0 Å². The Balaban J connectivity index is 1.65. The van der Waals surface area contributed by atoms with Gasteiger partial charge in [-0.15, -0.1) is 0 Å². The van der Waals surface area contributed by atoms with E-state index in [1.165, 1.54) is 0 Å². The zero-order valence-electron chi connectivity index (χ0n) is 9.71. The van der Waals surface area contributed by atoms with E-state index in [2.05, 4.69) is 25.9 Å². The highest BCUT2D eigenvalue weighted by Crippen LogP contribution is 2.27. The highest BCUT2D eigenvalue weighted by Gasteiger charge is 2.22. The van der Waals surface area contributed by atoms with Gasteiger partial charge in [0.15, 0.2) is 0 Å². The highest BCUT2D eigenvalue weighted by molar-refractivity contribution is 5.38. The maximum Gasteiger partial charge on any atom is 0.128 e. The van der Waals surface area contributed by atoms with E-state index in [0.717, 1.165) is 37.6 Å². The van der Waals surface area contributed by atoms with Crippen molar-refractivity contribution in [3.63, 3.8) is 0 Å². The number of nitrogens with zero attached hydrogens (tertiary/aromatic N) is 3. The molecular formula is C13H16N4. The fourth-order valence-electron chi connectivity index (χ4n) is 2.42. The molecule has 0 aromatic carbocycles. The first kappa shape index (κ1) is 10.3. The number of nitrogens with one attached hydrogen (secondary N) is 1. The van der Waals surface area contributed by atoms with Gasteiger partial charge in [0.05, 0.1) is 0 Å². The summed E-state index contributed by atoms with van der Waals surface area (Å²) in [4.78, 5) is 14.3. The number of pyridine rings is 1. The first-order valence-electron chi connectivity index (χ1n) is 6.09. The quantitative estimate of drug-likeness (QED) is 0.857. The number of rotatable bonds is 2. The van der Waals surface area contributed by atoms with Crippen molar-refractivity contribution >= 4 is 5.82 Å². The number of imidazole rings is 1. The average molecular weight is 228 g/mol. The van der Waals surface area contributed by atoms with Crippen LogP contribution in [0.1, 0.15) is 24.6 Å². The van der Waals surface area contributed by atoms with Gasteiger partial charge in [-0.05, 0) is 25.0 Å². The lowest BCUT2D eigenvalue weighted by atomic mass is 9.96. The Kier molecular flexibility index (Phi) is 2.78. The van der Waals surface area contributed by atoms with Crippen molar-refractivity contribution < 1.29 is 0 Å². The van der Waals surface area contributed by atoms with Gasteiger partial charge in [0.25, 0.3) is 0 Å². The summed E-state index contributed by atoms with van der Waals surface area (Å²) in [6, 6.07) is 6.08. The van der Waals surface area contributed by atoms with Crippen molar-refractivity contribution in [2.45, 2.75) is 18.8 Å². The molecule has 0 saturated carbocycles. The molecule has 1 saturated heterocycles. The van der Waals surface area contributed by atoms with Crippen molar-refractivity contribution in [3.05, 3.63) is 42.6 Å². The van der Waals surface area contributed by atoms with E-state index in [9.17, 15) is 0 Å². The van der Waals surface area contributed by atoms with Gasteiger partial charge >= 0.3 is 0 Å². The second-order valence-electron chi connectivity index (χ2n) is 4.42. The average Bonchev–Trinajstić information content (AvgIpc) is 2.94. The second kappa shape index (κ2) is 4.57. The molecule has 0 atom stereocenters. The molecule has 3 heterocycles. The highest BCUT2D eigenvalue weighted by atomic mass is 15.2. The lowest BCUT2D eigenvalue weighted by Gasteiger charge is -2.31. The van der Waals surface area contributed by atoms with Crippen LogP contribution in [0.5, 0.6) is 0 Å². The topological polar surface area (TPSA) is 44.8 Å². The van der Waals surface area contributed by atoms with Gasteiger partial charge in [0, 0.05) is 37.6 Å².